The Balaban J connectivity index is 1.83. The summed E-state index contributed by atoms with van der Waals surface area (Å²) in [6, 6.07) is 11.0. The van der Waals surface area contributed by atoms with E-state index in [0.717, 1.165) is 5.56 Å². The molecule has 32 heavy (non-hydrogen) atoms. The van der Waals surface area contributed by atoms with Crippen LogP contribution in [0.5, 0.6) is 17.2 Å². The fraction of sp³-hybridized carbons (Fsp3) is 0.182. The topological polar surface area (TPSA) is 116 Å². The Morgan fingerprint density at radius 2 is 1.56 bits per heavy atom. The number of hydrogen-bond acceptors (Lipinski definition) is 7. The molecule has 0 aliphatic heterocycles. The fourth-order valence-corrected chi connectivity index (χ4v) is 3.98. The summed E-state index contributed by atoms with van der Waals surface area (Å²) in [6.07, 6.45) is 2.65. The van der Waals surface area contributed by atoms with Crippen LogP contribution in [0.25, 0.3) is 0 Å². The van der Waals surface area contributed by atoms with Crippen LogP contribution in [0.2, 0.25) is 0 Å². The van der Waals surface area contributed by atoms with Crippen LogP contribution in [0, 0.1) is 6.92 Å². The Bertz CT molecular complexity index is 1240. The molecular formula is C22H23N3O6S. The zero-order chi connectivity index (χ0) is 23.3. The van der Waals surface area contributed by atoms with Crippen molar-refractivity contribution < 1.29 is 27.4 Å². The summed E-state index contributed by atoms with van der Waals surface area (Å²) in [6.45, 7) is 1.89. The lowest BCUT2D eigenvalue weighted by atomic mass is 10.2. The number of amides is 1. The second-order valence-corrected chi connectivity index (χ2v) is 8.42. The average molecular weight is 458 g/mol. The molecule has 0 saturated carbocycles. The zero-order valence-corrected chi connectivity index (χ0v) is 18.8. The first-order chi connectivity index (χ1) is 15.3. The van der Waals surface area contributed by atoms with Gasteiger partial charge >= 0.3 is 0 Å². The quantitative estimate of drug-likeness (QED) is 0.532. The molecule has 1 aromatic heterocycles. The molecule has 0 fully saturated rings. The molecule has 9 nitrogen and oxygen atoms in total. The van der Waals surface area contributed by atoms with E-state index >= 15 is 0 Å². The molecular weight excluding hydrogens is 434 g/mol. The number of sulfonamides is 1. The number of hydrogen-bond donors (Lipinski definition) is 2. The molecule has 0 unspecified atom stereocenters. The maximum atomic E-state index is 12.8. The highest BCUT2D eigenvalue weighted by atomic mass is 32.2. The zero-order valence-electron chi connectivity index (χ0n) is 18.0. The summed E-state index contributed by atoms with van der Waals surface area (Å²) in [7, 11) is 0.410. The van der Waals surface area contributed by atoms with E-state index in [2.05, 4.69) is 15.0 Å². The van der Waals surface area contributed by atoms with Gasteiger partial charge in [-0.3, -0.25) is 14.5 Å². The third kappa shape index (κ3) is 5.09. The molecule has 1 amide bonds. The normalized spacial score (nSPS) is 10.9. The minimum absolute atomic E-state index is 0.0329. The summed E-state index contributed by atoms with van der Waals surface area (Å²) < 4.78 is 43.6. The molecule has 0 atom stereocenters. The standard InChI is InChI=1S/C22H23N3O6S/c1-14-5-7-19(29-2)18(9-14)24-22(26)15-10-16(13-23-12-15)25-32(27,28)17-6-8-20(30-3)21(11-17)31-4/h5-13,25H,1-4H3,(H,24,26). The average Bonchev–Trinajstić information content (AvgIpc) is 2.78. The van der Waals surface area contributed by atoms with Crippen molar-refractivity contribution in [3.63, 3.8) is 0 Å². The lowest BCUT2D eigenvalue weighted by molar-refractivity contribution is 0.102. The second kappa shape index (κ2) is 9.56. The first kappa shape index (κ1) is 22.9. The highest BCUT2D eigenvalue weighted by Gasteiger charge is 2.19. The van der Waals surface area contributed by atoms with E-state index in [4.69, 9.17) is 14.2 Å². The molecule has 10 heteroatoms. The maximum Gasteiger partial charge on any atom is 0.262 e. The van der Waals surface area contributed by atoms with Gasteiger partial charge in [-0.25, -0.2) is 8.42 Å². The van der Waals surface area contributed by atoms with Gasteiger partial charge in [0, 0.05) is 12.3 Å². The number of ether oxygens (including phenoxy) is 3. The summed E-state index contributed by atoms with van der Waals surface area (Å²) in [5.74, 6) is 0.711. The predicted octanol–water partition coefficient (Wildman–Crippen LogP) is 3.47. The minimum Gasteiger partial charge on any atom is -0.495 e. The Hall–Kier alpha value is -3.79. The van der Waals surface area contributed by atoms with Gasteiger partial charge in [-0.15, -0.1) is 0 Å². The lowest BCUT2D eigenvalue weighted by Crippen LogP contribution is -2.16. The first-order valence-electron chi connectivity index (χ1n) is 9.43. The predicted molar refractivity (Wildman–Crippen MR) is 120 cm³/mol. The highest BCUT2D eigenvalue weighted by Crippen LogP contribution is 2.30. The third-order valence-corrected chi connectivity index (χ3v) is 5.90. The minimum atomic E-state index is -3.97. The number of rotatable bonds is 8. The number of pyridine rings is 1. The van der Waals surface area contributed by atoms with E-state index in [-0.39, 0.29) is 21.9 Å². The van der Waals surface area contributed by atoms with E-state index in [9.17, 15) is 13.2 Å². The van der Waals surface area contributed by atoms with Crippen molar-refractivity contribution in [1.82, 2.24) is 4.98 Å². The van der Waals surface area contributed by atoms with Gasteiger partial charge in [-0.1, -0.05) is 6.07 Å². The Morgan fingerprint density at radius 1 is 0.875 bits per heavy atom. The Morgan fingerprint density at radius 3 is 2.25 bits per heavy atom. The number of aryl methyl sites for hydroxylation is 1. The summed E-state index contributed by atoms with van der Waals surface area (Å²) in [5.41, 5.74) is 1.73. The van der Waals surface area contributed by atoms with Crippen LogP contribution in [-0.4, -0.2) is 40.6 Å². The lowest BCUT2D eigenvalue weighted by Gasteiger charge is -2.13. The summed E-state index contributed by atoms with van der Waals surface area (Å²) >= 11 is 0. The molecule has 1 heterocycles. The molecule has 3 aromatic rings. The molecule has 0 saturated heterocycles. The number of nitrogens with zero attached hydrogens (tertiary/aromatic N) is 1. The number of benzene rings is 2. The van der Waals surface area contributed by atoms with Crippen molar-refractivity contribution in [2.24, 2.45) is 0 Å². The molecule has 2 aromatic carbocycles. The summed E-state index contributed by atoms with van der Waals surface area (Å²) in [4.78, 5) is 16.7. The van der Waals surface area contributed by atoms with Gasteiger partial charge in [0.2, 0.25) is 0 Å². The summed E-state index contributed by atoms with van der Waals surface area (Å²) in [5, 5.41) is 2.76. The van der Waals surface area contributed by atoms with Crippen molar-refractivity contribution in [3.05, 3.63) is 66.0 Å². The maximum absolute atomic E-state index is 12.8. The van der Waals surface area contributed by atoms with Crippen LogP contribution < -0.4 is 24.2 Å². The van der Waals surface area contributed by atoms with Crippen molar-refractivity contribution in [3.8, 4) is 17.2 Å². The van der Waals surface area contributed by atoms with Crippen LogP contribution in [0.15, 0.2) is 59.8 Å². The van der Waals surface area contributed by atoms with Crippen molar-refractivity contribution in [2.75, 3.05) is 31.4 Å². The van der Waals surface area contributed by atoms with E-state index in [0.29, 0.717) is 17.2 Å². The molecule has 0 bridgehead atoms. The monoisotopic (exact) mass is 457 g/mol. The van der Waals surface area contributed by atoms with Crippen molar-refractivity contribution in [1.29, 1.82) is 0 Å². The number of aromatic nitrogens is 1. The fourth-order valence-electron chi connectivity index (χ4n) is 2.93. The largest absolute Gasteiger partial charge is 0.495 e. The Labute approximate surface area is 186 Å². The molecule has 3 rings (SSSR count). The van der Waals surface area contributed by atoms with Crippen LogP contribution in [0.4, 0.5) is 11.4 Å². The Kier molecular flexibility index (Phi) is 6.84. The molecule has 0 spiro atoms. The first-order valence-corrected chi connectivity index (χ1v) is 10.9. The smallest absolute Gasteiger partial charge is 0.262 e. The number of methoxy groups -OCH3 is 3. The van der Waals surface area contributed by atoms with Crippen LogP contribution in [0.1, 0.15) is 15.9 Å². The molecule has 0 aliphatic rings. The number of anilines is 2. The van der Waals surface area contributed by atoms with Gasteiger partial charge in [-0.2, -0.15) is 0 Å². The molecule has 0 radical (unpaired) electrons. The highest BCUT2D eigenvalue weighted by molar-refractivity contribution is 7.92. The third-order valence-electron chi connectivity index (χ3n) is 4.52. The van der Waals surface area contributed by atoms with Crippen LogP contribution in [0.3, 0.4) is 0 Å². The second-order valence-electron chi connectivity index (χ2n) is 6.74. The van der Waals surface area contributed by atoms with Gasteiger partial charge in [0.05, 0.1) is 49.4 Å². The van der Waals surface area contributed by atoms with Gasteiger partial charge in [0.15, 0.2) is 11.5 Å². The van der Waals surface area contributed by atoms with Crippen molar-refractivity contribution in [2.45, 2.75) is 11.8 Å². The SMILES string of the molecule is COc1ccc(C)cc1NC(=O)c1cncc(NS(=O)(=O)c2ccc(OC)c(OC)c2)c1. The number of nitrogens with one attached hydrogen (secondary N) is 2. The van der Waals surface area contributed by atoms with Crippen LogP contribution in [-0.2, 0) is 10.0 Å². The van der Waals surface area contributed by atoms with Crippen molar-refractivity contribution >= 4 is 27.3 Å². The number of carbonyl (C=O) groups excluding carboxylic acids is 1. The van der Waals surface area contributed by atoms with Gasteiger partial charge < -0.3 is 19.5 Å². The van der Waals surface area contributed by atoms with E-state index in [1.165, 1.54) is 58.0 Å². The van der Waals surface area contributed by atoms with Gasteiger partial charge in [0.1, 0.15) is 5.75 Å². The van der Waals surface area contributed by atoms with Crippen LogP contribution >= 0.6 is 0 Å². The van der Waals surface area contributed by atoms with E-state index in [1.807, 2.05) is 13.0 Å². The molecule has 2 N–H and O–H groups in total. The number of carbonyl (C=O) groups is 1. The van der Waals surface area contributed by atoms with Gasteiger partial charge in [-0.05, 0) is 42.8 Å². The van der Waals surface area contributed by atoms with E-state index < -0.39 is 15.9 Å². The molecule has 168 valence electrons. The van der Waals surface area contributed by atoms with E-state index in [1.54, 1.807) is 12.1 Å². The molecule has 0 aliphatic carbocycles. The van der Waals surface area contributed by atoms with Gasteiger partial charge in [0.25, 0.3) is 15.9 Å².